The Morgan fingerprint density at radius 2 is 1.52 bits per heavy atom. The highest BCUT2D eigenvalue weighted by molar-refractivity contribution is 7.80. The molecule has 5 nitrogen and oxygen atoms in total. The lowest BCUT2D eigenvalue weighted by Crippen LogP contribution is -2.37. The summed E-state index contributed by atoms with van der Waals surface area (Å²) in [5, 5.41) is 4.16. The SMILES string of the molecule is O=C(C[C@@H]1C(=O)N(c2ccc(F)cc2)C(=S)N1Cc1ccc(Cl)cc1)Nc1ccc(Cl)cc1. The molecule has 1 heterocycles. The standard InChI is InChI=1S/C24H18Cl2FN3O2S/c25-16-3-1-15(2-4-16)14-29-21(13-22(31)28-19-9-5-17(26)6-10-19)23(32)30(24(29)33)20-11-7-18(27)8-12-20/h1-12,21H,13-14H2,(H,28,31)/t21-/m1/s1. The first kappa shape index (κ1) is 23.2. The van der Waals surface area contributed by atoms with E-state index < -0.39 is 11.9 Å². The van der Waals surface area contributed by atoms with Crippen LogP contribution in [-0.2, 0) is 16.1 Å². The molecule has 0 aliphatic carbocycles. The number of hydrogen-bond donors (Lipinski definition) is 1. The topological polar surface area (TPSA) is 52.7 Å². The highest BCUT2D eigenvalue weighted by Crippen LogP contribution is 2.29. The summed E-state index contributed by atoms with van der Waals surface area (Å²) in [4.78, 5) is 29.2. The van der Waals surface area contributed by atoms with Gasteiger partial charge in [0.15, 0.2) is 5.11 Å². The number of benzene rings is 3. The first-order valence-electron chi connectivity index (χ1n) is 10.0. The summed E-state index contributed by atoms with van der Waals surface area (Å²) in [6.07, 6.45) is -0.118. The van der Waals surface area contributed by atoms with Crippen molar-refractivity contribution in [1.82, 2.24) is 4.90 Å². The number of carbonyl (C=O) groups is 2. The van der Waals surface area contributed by atoms with Gasteiger partial charge in [0.2, 0.25) is 5.91 Å². The molecule has 1 aliphatic rings. The van der Waals surface area contributed by atoms with E-state index >= 15 is 0 Å². The smallest absolute Gasteiger partial charge is 0.256 e. The quantitative estimate of drug-likeness (QED) is 0.442. The number of nitrogens with zero attached hydrogens (tertiary/aromatic N) is 2. The molecule has 1 aliphatic heterocycles. The van der Waals surface area contributed by atoms with Crippen LogP contribution in [0.25, 0.3) is 0 Å². The Morgan fingerprint density at radius 1 is 0.939 bits per heavy atom. The minimum Gasteiger partial charge on any atom is -0.332 e. The van der Waals surface area contributed by atoms with Crippen LogP contribution in [0.3, 0.4) is 0 Å². The van der Waals surface area contributed by atoms with Gasteiger partial charge in [-0.15, -0.1) is 0 Å². The van der Waals surface area contributed by atoms with Crippen molar-refractivity contribution >= 4 is 63.7 Å². The van der Waals surface area contributed by atoms with Crippen LogP contribution in [-0.4, -0.2) is 27.9 Å². The van der Waals surface area contributed by atoms with E-state index in [4.69, 9.17) is 35.4 Å². The van der Waals surface area contributed by atoms with Crippen molar-refractivity contribution in [2.24, 2.45) is 0 Å². The zero-order chi connectivity index (χ0) is 23.5. The van der Waals surface area contributed by atoms with E-state index in [1.807, 2.05) is 12.1 Å². The van der Waals surface area contributed by atoms with Gasteiger partial charge >= 0.3 is 0 Å². The van der Waals surface area contributed by atoms with Gasteiger partial charge < -0.3 is 10.2 Å². The largest absolute Gasteiger partial charge is 0.332 e. The summed E-state index contributed by atoms with van der Waals surface area (Å²) in [6, 6.07) is 18.5. The van der Waals surface area contributed by atoms with Gasteiger partial charge in [-0.2, -0.15) is 0 Å². The van der Waals surface area contributed by atoms with Crippen LogP contribution < -0.4 is 10.2 Å². The first-order chi connectivity index (χ1) is 15.8. The van der Waals surface area contributed by atoms with Crippen molar-refractivity contribution in [3.8, 4) is 0 Å². The number of thiocarbonyl (C=S) groups is 1. The third kappa shape index (κ3) is 5.33. The molecule has 0 bridgehead atoms. The number of nitrogens with one attached hydrogen (secondary N) is 1. The average Bonchev–Trinajstić information content (AvgIpc) is 3.01. The molecule has 3 aromatic rings. The minimum atomic E-state index is -0.828. The second kappa shape index (κ2) is 9.87. The number of carbonyl (C=O) groups excluding carboxylic acids is 2. The number of halogens is 3. The van der Waals surface area contributed by atoms with E-state index in [0.29, 0.717) is 28.0 Å². The van der Waals surface area contributed by atoms with E-state index in [9.17, 15) is 14.0 Å². The molecule has 1 fully saturated rings. The van der Waals surface area contributed by atoms with Gasteiger partial charge in [0.1, 0.15) is 11.9 Å². The highest BCUT2D eigenvalue weighted by Gasteiger charge is 2.44. The normalized spacial score (nSPS) is 15.8. The van der Waals surface area contributed by atoms with Crippen molar-refractivity contribution in [3.05, 3.63) is 94.2 Å². The molecule has 168 valence electrons. The van der Waals surface area contributed by atoms with Gasteiger partial charge in [-0.25, -0.2) is 4.39 Å². The molecule has 1 atom stereocenters. The van der Waals surface area contributed by atoms with Crippen LogP contribution in [0.2, 0.25) is 10.0 Å². The van der Waals surface area contributed by atoms with Crippen LogP contribution in [0.1, 0.15) is 12.0 Å². The Hall–Kier alpha value is -3.00. The predicted molar refractivity (Wildman–Crippen MR) is 132 cm³/mol. The van der Waals surface area contributed by atoms with Gasteiger partial charge in [-0.05, 0) is 78.4 Å². The second-order valence-corrected chi connectivity index (χ2v) is 8.70. The molecule has 0 saturated carbocycles. The Labute approximate surface area is 205 Å². The fraction of sp³-hybridized carbons (Fsp3) is 0.125. The van der Waals surface area contributed by atoms with Crippen LogP contribution in [0, 0.1) is 5.82 Å². The average molecular weight is 502 g/mol. The third-order valence-corrected chi connectivity index (χ3v) is 6.10. The fourth-order valence-electron chi connectivity index (χ4n) is 3.55. The molecule has 1 saturated heterocycles. The molecule has 2 amide bonds. The second-order valence-electron chi connectivity index (χ2n) is 7.46. The van der Waals surface area contributed by atoms with Gasteiger partial charge in [0, 0.05) is 22.3 Å². The summed E-state index contributed by atoms with van der Waals surface area (Å²) in [5.74, 6) is -1.12. The minimum absolute atomic E-state index is 0.118. The Bertz CT molecular complexity index is 1190. The number of rotatable bonds is 6. The maximum atomic E-state index is 13.4. The molecule has 0 radical (unpaired) electrons. The van der Waals surface area contributed by atoms with Crippen molar-refractivity contribution in [1.29, 1.82) is 0 Å². The molecule has 0 unspecified atom stereocenters. The number of amides is 2. The zero-order valence-electron chi connectivity index (χ0n) is 17.2. The maximum absolute atomic E-state index is 13.4. The van der Waals surface area contributed by atoms with Crippen molar-refractivity contribution in [3.63, 3.8) is 0 Å². The third-order valence-electron chi connectivity index (χ3n) is 5.18. The summed E-state index contributed by atoms with van der Waals surface area (Å²) in [6.45, 7) is 0.304. The van der Waals surface area contributed by atoms with E-state index in [-0.39, 0.29) is 23.3 Å². The Kier molecular flexibility index (Phi) is 6.93. The number of anilines is 2. The maximum Gasteiger partial charge on any atom is 0.256 e. The summed E-state index contributed by atoms with van der Waals surface area (Å²) < 4.78 is 13.4. The molecule has 3 aromatic carbocycles. The van der Waals surface area contributed by atoms with Gasteiger partial charge in [0.05, 0.1) is 12.1 Å². The van der Waals surface area contributed by atoms with E-state index in [2.05, 4.69) is 5.32 Å². The lowest BCUT2D eigenvalue weighted by molar-refractivity contribution is -0.124. The van der Waals surface area contributed by atoms with Crippen LogP contribution in [0.5, 0.6) is 0 Å². The lowest BCUT2D eigenvalue weighted by Gasteiger charge is -2.24. The van der Waals surface area contributed by atoms with Crippen molar-refractivity contribution in [2.45, 2.75) is 19.0 Å². The molecule has 0 aromatic heterocycles. The van der Waals surface area contributed by atoms with Gasteiger partial charge in [-0.3, -0.25) is 14.5 Å². The van der Waals surface area contributed by atoms with E-state index in [1.54, 1.807) is 41.3 Å². The molecule has 9 heteroatoms. The molecular weight excluding hydrogens is 484 g/mol. The monoisotopic (exact) mass is 501 g/mol. The summed E-state index contributed by atoms with van der Waals surface area (Å²) in [5.41, 5.74) is 1.88. The van der Waals surface area contributed by atoms with E-state index in [1.165, 1.54) is 29.2 Å². The predicted octanol–water partition coefficient (Wildman–Crippen LogP) is 5.66. The molecular formula is C24H18Cl2FN3O2S. The van der Waals surface area contributed by atoms with Crippen LogP contribution in [0.4, 0.5) is 15.8 Å². The zero-order valence-corrected chi connectivity index (χ0v) is 19.5. The molecule has 1 N–H and O–H groups in total. The van der Waals surface area contributed by atoms with Gasteiger partial charge in [0.25, 0.3) is 5.91 Å². The fourth-order valence-corrected chi connectivity index (χ4v) is 4.19. The Morgan fingerprint density at radius 3 is 2.12 bits per heavy atom. The van der Waals surface area contributed by atoms with Crippen LogP contribution in [0.15, 0.2) is 72.8 Å². The molecule has 33 heavy (non-hydrogen) atoms. The lowest BCUT2D eigenvalue weighted by atomic mass is 10.1. The Balaban J connectivity index is 1.59. The molecule has 0 spiro atoms. The first-order valence-corrected chi connectivity index (χ1v) is 11.2. The highest BCUT2D eigenvalue weighted by atomic mass is 35.5. The van der Waals surface area contributed by atoms with Crippen molar-refractivity contribution < 1.29 is 14.0 Å². The van der Waals surface area contributed by atoms with E-state index in [0.717, 1.165) is 5.56 Å². The summed E-state index contributed by atoms with van der Waals surface area (Å²) in [7, 11) is 0. The van der Waals surface area contributed by atoms with Gasteiger partial charge in [-0.1, -0.05) is 35.3 Å². The van der Waals surface area contributed by atoms with Crippen LogP contribution >= 0.6 is 35.4 Å². The molecule has 4 rings (SSSR count). The number of hydrogen-bond acceptors (Lipinski definition) is 3. The van der Waals surface area contributed by atoms with Crippen molar-refractivity contribution in [2.75, 3.05) is 10.2 Å². The summed E-state index contributed by atoms with van der Waals surface area (Å²) >= 11 is 17.5.